The summed E-state index contributed by atoms with van der Waals surface area (Å²) in [5.41, 5.74) is 1.60. The quantitative estimate of drug-likeness (QED) is 0.664. The monoisotopic (exact) mass is 368 g/mol. The van der Waals surface area contributed by atoms with Gasteiger partial charge in [0.05, 0.1) is 12.8 Å². The molecule has 0 unspecified atom stereocenters. The number of anilines is 1. The standard InChI is InChI=1S/C22H32N4O/c1-4-22(2,3)19-6-8-20(9-7-19)27-17-5-12-25-13-15-26(16-14-25)21-18-23-10-11-24-21/h6-11,18H,4-5,12-17H2,1-3H3. The summed E-state index contributed by atoms with van der Waals surface area (Å²) in [5, 5.41) is 0. The van der Waals surface area contributed by atoms with Crippen LogP contribution < -0.4 is 9.64 Å². The molecule has 2 aromatic rings. The van der Waals surface area contributed by atoms with Gasteiger partial charge in [-0.3, -0.25) is 9.88 Å². The van der Waals surface area contributed by atoms with Crippen molar-refractivity contribution in [3.63, 3.8) is 0 Å². The number of hydrogen-bond donors (Lipinski definition) is 0. The Bertz CT molecular complexity index is 679. The zero-order valence-corrected chi connectivity index (χ0v) is 16.9. The van der Waals surface area contributed by atoms with Gasteiger partial charge >= 0.3 is 0 Å². The molecule has 1 aliphatic heterocycles. The number of piperazine rings is 1. The molecule has 1 aromatic carbocycles. The fourth-order valence-corrected chi connectivity index (χ4v) is 3.34. The van der Waals surface area contributed by atoms with Gasteiger partial charge in [-0.25, -0.2) is 4.98 Å². The SMILES string of the molecule is CCC(C)(C)c1ccc(OCCCN2CCN(c3cnccn3)CC2)cc1. The molecule has 2 heterocycles. The van der Waals surface area contributed by atoms with Crippen molar-refractivity contribution in [2.75, 3.05) is 44.2 Å². The van der Waals surface area contributed by atoms with Crippen LogP contribution in [-0.2, 0) is 5.41 Å². The molecule has 3 rings (SSSR count). The topological polar surface area (TPSA) is 41.5 Å². The van der Waals surface area contributed by atoms with Crippen molar-refractivity contribution in [3.05, 3.63) is 48.4 Å². The molecule has 1 aromatic heterocycles. The Labute approximate surface area is 163 Å². The van der Waals surface area contributed by atoms with E-state index in [1.54, 1.807) is 12.4 Å². The average Bonchev–Trinajstić information content (AvgIpc) is 2.73. The molecule has 27 heavy (non-hydrogen) atoms. The van der Waals surface area contributed by atoms with Crippen LogP contribution in [0.1, 0.15) is 39.2 Å². The van der Waals surface area contributed by atoms with E-state index in [1.165, 1.54) is 5.56 Å². The van der Waals surface area contributed by atoms with E-state index in [-0.39, 0.29) is 5.41 Å². The lowest BCUT2D eigenvalue weighted by Crippen LogP contribution is -2.47. The molecule has 5 nitrogen and oxygen atoms in total. The Kier molecular flexibility index (Phi) is 6.67. The first-order valence-corrected chi connectivity index (χ1v) is 10.0. The molecule has 0 atom stereocenters. The van der Waals surface area contributed by atoms with Crippen LogP contribution in [0.15, 0.2) is 42.9 Å². The Morgan fingerprint density at radius 2 is 1.78 bits per heavy atom. The van der Waals surface area contributed by atoms with E-state index in [9.17, 15) is 0 Å². The molecule has 0 N–H and O–H groups in total. The fourth-order valence-electron chi connectivity index (χ4n) is 3.34. The lowest BCUT2D eigenvalue weighted by Gasteiger charge is -2.35. The number of aromatic nitrogens is 2. The van der Waals surface area contributed by atoms with Crippen LogP contribution in [0.5, 0.6) is 5.75 Å². The van der Waals surface area contributed by atoms with Gasteiger partial charge in [0.1, 0.15) is 11.6 Å². The Morgan fingerprint density at radius 3 is 2.41 bits per heavy atom. The molecule has 0 spiro atoms. The number of hydrogen-bond acceptors (Lipinski definition) is 5. The number of nitrogens with zero attached hydrogens (tertiary/aromatic N) is 4. The summed E-state index contributed by atoms with van der Waals surface area (Å²) in [5.74, 6) is 1.95. The third kappa shape index (κ3) is 5.42. The van der Waals surface area contributed by atoms with E-state index in [4.69, 9.17) is 4.74 Å². The molecule has 5 heteroatoms. The van der Waals surface area contributed by atoms with Crippen molar-refractivity contribution in [3.8, 4) is 5.75 Å². The van der Waals surface area contributed by atoms with Gasteiger partial charge in [0.25, 0.3) is 0 Å². The summed E-state index contributed by atoms with van der Waals surface area (Å²) in [6.07, 6.45) is 7.51. The Morgan fingerprint density at radius 1 is 1.04 bits per heavy atom. The highest BCUT2D eigenvalue weighted by Crippen LogP contribution is 2.28. The van der Waals surface area contributed by atoms with E-state index >= 15 is 0 Å². The maximum atomic E-state index is 5.93. The molecular weight excluding hydrogens is 336 g/mol. The van der Waals surface area contributed by atoms with E-state index in [0.717, 1.165) is 63.7 Å². The normalized spacial score (nSPS) is 15.7. The minimum atomic E-state index is 0.228. The molecule has 0 radical (unpaired) electrons. The first-order chi connectivity index (χ1) is 13.1. The molecular formula is C22H32N4O. The second kappa shape index (κ2) is 9.18. The zero-order valence-electron chi connectivity index (χ0n) is 16.9. The van der Waals surface area contributed by atoms with Gasteiger partial charge in [0.15, 0.2) is 0 Å². The van der Waals surface area contributed by atoms with Crippen LogP contribution in [0.3, 0.4) is 0 Å². The Balaban J connectivity index is 1.35. The van der Waals surface area contributed by atoms with E-state index in [1.807, 2.05) is 6.20 Å². The lowest BCUT2D eigenvalue weighted by atomic mass is 9.82. The van der Waals surface area contributed by atoms with Gasteiger partial charge in [-0.2, -0.15) is 0 Å². The molecule has 0 aliphatic carbocycles. The van der Waals surface area contributed by atoms with Crippen molar-refractivity contribution in [1.29, 1.82) is 0 Å². The van der Waals surface area contributed by atoms with Crippen LogP contribution >= 0.6 is 0 Å². The van der Waals surface area contributed by atoms with Crippen molar-refractivity contribution >= 4 is 5.82 Å². The van der Waals surface area contributed by atoms with Crippen LogP contribution in [-0.4, -0.2) is 54.2 Å². The van der Waals surface area contributed by atoms with Crippen molar-refractivity contribution in [1.82, 2.24) is 14.9 Å². The third-order valence-corrected chi connectivity index (χ3v) is 5.65. The maximum absolute atomic E-state index is 5.93. The van der Waals surface area contributed by atoms with E-state index < -0.39 is 0 Å². The fraction of sp³-hybridized carbons (Fsp3) is 0.545. The van der Waals surface area contributed by atoms with Crippen LogP contribution in [0, 0.1) is 0 Å². The maximum Gasteiger partial charge on any atom is 0.147 e. The molecule has 1 aliphatic rings. The van der Waals surface area contributed by atoms with E-state index in [0.29, 0.717) is 0 Å². The van der Waals surface area contributed by atoms with Crippen LogP contribution in [0.4, 0.5) is 5.82 Å². The lowest BCUT2D eigenvalue weighted by molar-refractivity contribution is 0.224. The van der Waals surface area contributed by atoms with Crippen LogP contribution in [0.25, 0.3) is 0 Å². The summed E-state index contributed by atoms with van der Waals surface area (Å²) in [6.45, 7) is 12.8. The van der Waals surface area contributed by atoms with Gasteiger partial charge in [-0.05, 0) is 36.0 Å². The van der Waals surface area contributed by atoms with Gasteiger partial charge in [-0.15, -0.1) is 0 Å². The highest BCUT2D eigenvalue weighted by molar-refractivity contribution is 5.35. The van der Waals surface area contributed by atoms with Crippen molar-refractivity contribution in [2.45, 2.75) is 39.0 Å². The van der Waals surface area contributed by atoms with E-state index in [2.05, 4.69) is 64.8 Å². The molecule has 1 fully saturated rings. The predicted octanol–water partition coefficient (Wildman–Crippen LogP) is 3.76. The van der Waals surface area contributed by atoms with Gasteiger partial charge in [0.2, 0.25) is 0 Å². The highest BCUT2D eigenvalue weighted by Gasteiger charge is 2.18. The van der Waals surface area contributed by atoms with Crippen molar-refractivity contribution in [2.24, 2.45) is 0 Å². The number of ether oxygens (including phenoxy) is 1. The molecule has 0 bridgehead atoms. The smallest absolute Gasteiger partial charge is 0.147 e. The average molecular weight is 369 g/mol. The van der Waals surface area contributed by atoms with Gasteiger partial charge < -0.3 is 9.64 Å². The summed E-state index contributed by atoms with van der Waals surface area (Å²) in [6, 6.07) is 8.61. The van der Waals surface area contributed by atoms with Gasteiger partial charge in [-0.1, -0.05) is 32.9 Å². The summed E-state index contributed by atoms with van der Waals surface area (Å²) in [4.78, 5) is 13.4. The second-order valence-electron chi connectivity index (χ2n) is 7.86. The largest absolute Gasteiger partial charge is 0.494 e. The third-order valence-electron chi connectivity index (χ3n) is 5.65. The highest BCUT2D eigenvalue weighted by atomic mass is 16.5. The first kappa shape index (κ1) is 19.6. The minimum absolute atomic E-state index is 0.228. The predicted molar refractivity (Wildman–Crippen MR) is 111 cm³/mol. The Hall–Kier alpha value is -2.14. The van der Waals surface area contributed by atoms with Crippen molar-refractivity contribution < 1.29 is 4.74 Å². The zero-order chi connectivity index (χ0) is 19.1. The summed E-state index contributed by atoms with van der Waals surface area (Å²) < 4.78 is 5.93. The minimum Gasteiger partial charge on any atom is -0.494 e. The molecule has 0 amide bonds. The first-order valence-electron chi connectivity index (χ1n) is 10.0. The van der Waals surface area contributed by atoms with Crippen LogP contribution in [0.2, 0.25) is 0 Å². The summed E-state index contributed by atoms with van der Waals surface area (Å²) in [7, 11) is 0. The molecule has 146 valence electrons. The summed E-state index contributed by atoms with van der Waals surface area (Å²) >= 11 is 0. The molecule has 0 saturated carbocycles. The number of rotatable bonds is 8. The molecule has 1 saturated heterocycles. The number of benzene rings is 1. The second-order valence-corrected chi connectivity index (χ2v) is 7.86. The van der Waals surface area contributed by atoms with Gasteiger partial charge in [0, 0.05) is 45.1 Å².